The average Bonchev–Trinajstić information content (AvgIpc) is 2.37. The van der Waals surface area contributed by atoms with Gasteiger partial charge in [0.2, 0.25) is 0 Å². The molecule has 0 saturated heterocycles. The summed E-state index contributed by atoms with van der Waals surface area (Å²) in [5, 5.41) is 20.1. The number of nitrogens with zero attached hydrogens (tertiary/aromatic N) is 2. The van der Waals surface area contributed by atoms with Crippen LogP contribution in [0, 0.1) is 17.2 Å². The number of pyridine rings is 1. The van der Waals surface area contributed by atoms with Crippen molar-refractivity contribution in [2.75, 3.05) is 11.9 Å². The fraction of sp³-hybridized carbons (Fsp3) is 0.417. The topological polar surface area (TPSA) is 86.0 Å². The highest BCUT2D eigenvalue weighted by molar-refractivity contribution is 5.69. The van der Waals surface area contributed by atoms with E-state index in [1.807, 2.05) is 0 Å². The molecule has 1 aromatic heterocycles. The number of halogens is 3. The first kappa shape index (κ1) is 15.8. The van der Waals surface area contributed by atoms with Gasteiger partial charge < -0.3 is 10.4 Å². The first-order valence-corrected chi connectivity index (χ1v) is 5.70. The van der Waals surface area contributed by atoms with E-state index in [9.17, 15) is 18.0 Å². The van der Waals surface area contributed by atoms with E-state index in [4.69, 9.17) is 10.4 Å². The Morgan fingerprint density at radius 3 is 2.70 bits per heavy atom. The van der Waals surface area contributed by atoms with Crippen molar-refractivity contribution in [3.63, 3.8) is 0 Å². The van der Waals surface area contributed by atoms with Crippen molar-refractivity contribution in [3.05, 3.63) is 23.4 Å². The van der Waals surface area contributed by atoms with Crippen LogP contribution in [0.3, 0.4) is 0 Å². The second-order valence-corrected chi connectivity index (χ2v) is 4.16. The summed E-state index contributed by atoms with van der Waals surface area (Å²) in [4.78, 5) is 14.0. The van der Waals surface area contributed by atoms with Crippen LogP contribution < -0.4 is 5.32 Å². The van der Waals surface area contributed by atoms with Crippen LogP contribution in [0.15, 0.2) is 12.1 Å². The van der Waals surface area contributed by atoms with Crippen LogP contribution in [0.25, 0.3) is 0 Å². The molecule has 0 saturated carbocycles. The lowest BCUT2D eigenvalue weighted by Crippen LogP contribution is -2.16. The maximum atomic E-state index is 12.5. The third kappa shape index (κ3) is 4.12. The van der Waals surface area contributed by atoms with Crippen LogP contribution in [-0.4, -0.2) is 22.6 Å². The summed E-state index contributed by atoms with van der Waals surface area (Å²) in [5.41, 5.74) is -1.13. The molecule has 0 fully saturated rings. The molecular formula is C12H12F3N3O2. The van der Waals surface area contributed by atoms with E-state index in [0.717, 1.165) is 12.1 Å². The maximum absolute atomic E-state index is 12.5. The van der Waals surface area contributed by atoms with Crippen LogP contribution in [0.1, 0.15) is 24.6 Å². The molecule has 0 aliphatic rings. The maximum Gasteiger partial charge on any atom is 0.433 e. The van der Waals surface area contributed by atoms with Crippen molar-refractivity contribution in [3.8, 4) is 6.07 Å². The molecule has 0 amide bonds. The van der Waals surface area contributed by atoms with Crippen molar-refractivity contribution in [2.24, 2.45) is 5.92 Å². The third-order valence-electron chi connectivity index (χ3n) is 2.60. The molecule has 8 heteroatoms. The zero-order valence-electron chi connectivity index (χ0n) is 10.5. The summed E-state index contributed by atoms with van der Waals surface area (Å²) >= 11 is 0. The summed E-state index contributed by atoms with van der Waals surface area (Å²) in [6.07, 6.45) is -4.39. The predicted molar refractivity (Wildman–Crippen MR) is 63.9 cm³/mol. The normalized spacial score (nSPS) is 12.6. The number of carboxylic acids is 1. The summed E-state index contributed by atoms with van der Waals surface area (Å²) < 4.78 is 37.5. The summed E-state index contributed by atoms with van der Waals surface area (Å²) in [5.74, 6) is -1.83. The molecule has 0 aliphatic heterocycles. The highest BCUT2D eigenvalue weighted by atomic mass is 19.4. The van der Waals surface area contributed by atoms with Crippen molar-refractivity contribution in [2.45, 2.75) is 19.5 Å². The number of nitrogens with one attached hydrogen (secondary N) is 1. The van der Waals surface area contributed by atoms with Gasteiger partial charge in [0.05, 0.1) is 11.5 Å². The van der Waals surface area contributed by atoms with E-state index in [0.29, 0.717) is 0 Å². The highest BCUT2D eigenvalue weighted by Gasteiger charge is 2.33. The Kier molecular flexibility index (Phi) is 4.91. The first-order chi connectivity index (χ1) is 9.25. The number of hydrogen-bond acceptors (Lipinski definition) is 4. The molecule has 1 atom stereocenters. The second kappa shape index (κ2) is 6.23. The number of carbonyl (C=O) groups is 1. The van der Waals surface area contributed by atoms with Gasteiger partial charge in [-0.25, -0.2) is 4.98 Å². The molecule has 5 nitrogen and oxygen atoms in total. The quantitative estimate of drug-likeness (QED) is 0.869. The van der Waals surface area contributed by atoms with Crippen LogP contribution in [0.2, 0.25) is 0 Å². The lowest BCUT2D eigenvalue weighted by Gasteiger charge is -2.12. The Bertz CT molecular complexity index is 538. The molecule has 0 radical (unpaired) electrons. The Balaban J connectivity index is 2.83. The van der Waals surface area contributed by atoms with Gasteiger partial charge in [-0.15, -0.1) is 0 Å². The molecule has 108 valence electrons. The number of nitriles is 1. The number of carboxylic acid groups (broad SMARTS) is 1. The summed E-state index contributed by atoms with van der Waals surface area (Å²) in [6, 6.07) is 3.48. The van der Waals surface area contributed by atoms with E-state index in [1.54, 1.807) is 6.07 Å². The molecular weight excluding hydrogens is 275 g/mol. The Labute approximate surface area is 113 Å². The summed E-state index contributed by atoms with van der Waals surface area (Å²) in [6.45, 7) is 1.59. The Morgan fingerprint density at radius 1 is 1.55 bits per heavy atom. The standard InChI is InChI=1S/C12H12F3N3O2/c1-7(11(19)20)4-5-17-10-8(6-16)2-3-9(18-10)12(13,14)15/h2-3,7H,4-5H2,1H3,(H,17,18)(H,19,20). The average molecular weight is 287 g/mol. The minimum Gasteiger partial charge on any atom is -0.481 e. The smallest absolute Gasteiger partial charge is 0.433 e. The highest BCUT2D eigenvalue weighted by Crippen LogP contribution is 2.29. The van der Waals surface area contributed by atoms with Crippen LogP contribution in [0.5, 0.6) is 0 Å². The first-order valence-electron chi connectivity index (χ1n) is 5.70. The van der Waals surface area contributed by atoms with E-state index >= 15 is 0 Å². The number of aromatic nitrogens is 1. The monoisotopic (exact) mass is 287 g/mol. The summed E-state index contributed by atoms with van der Waals surface area (Å²) in [7, 11) is 0. The Morgan fingerprint density at radius 2 is 2.20 bits per heavy atom. The zero-order chi connectivity index (χ0) is 15.3. The van der Waals surface area contributed by atoms with Crippen LogP contribution >= 0.6 is 0 Å². The molecule has 0 bridgehead atoms. The van der Waals surface area contributed by atoms with Crippen LogP contribution in [0.4, 0.5) is 19.0 Å². The van der Waals surface area contributed by atoms with Gasteiger partial charge in [-0.05, 0) is 18.6 Å². The fourth-order valence-corrected chi connectivity index (χ4v) is 1.37. The molecule has 1 heterocycles. The number of hydrogen-bond donors (Lipinski definition) is 2. The van der Waals surface area contributed by atoms with Crippen molar-refractivity contribution in [1.29, 1.82) is 5.26 Å². The van der Waals surface area contributed by atoms with E-state index < -0.39 is 23.8 Å². The minimum atomic E-state index is -4.60. The largest absolute Gasteiger partial charge is 0.481 e. The van der Waals surface area contributed by atoms with E-state index in [-0.39, 0.29) is 24.3 Å². The van der Waals surface area contributed by atoms with Gasteiger partial charge in [0.1, 0.15) is 17.6 Å². The fourth-order valence-electron chi connectivity index (χ4n) is 1.37. The van der Waals surface area contributed by atoms with Gasteiger partial charge in [-0.3, -0.25) is 4.79 Å². The van der Waals surface area contributed by atoms with E-state index in [2.05, 4.69) is 10.3 Å². The molecule has 0 spiro atoms. The number of aliphatic carboxylic acids is 1. The predicted octanol–water partition coefficient (Wildman–Crippen LogP) is 2.49. The molecule has 1 unspecified atom stereocenters. The van der Waals surface area contributed by atoms with Gasteiger partial charge in [-0.1, -0.05) is 6.92 Å². The van der Waals surface area contributed by atoms with Crippen molar-refractivity contribution >= 4 is 11.8 Å². The third-order valence-corrected chi connectivity index (χ3v) is 2.60. The van der Waals surface area contributed by atoms with Gasteiger partial charge >= 0.3 is 12.1 Å². The molecule has 0 aliphatic carbocycles. The SMILES string of the molecule is CC(CCNc1nc(C(F)(F)F)ccc1C#N)C(=O)O. The van der Waals surface area contributed by atoms with Crippen LogP contribution in [-0.2, 0) is 11.0 Å². The zero-order valence-corrected chi connectivity index (χ0v) is 10.5. The second-order valence-electron chi connectivity index (χ2n) is 4.16. The van der Waals surface area contributed by atoms with Gasteiger partial charge in [0.25, 0.3) is 0 Å². The number of alkyl halides is 3. The molecule has 1 rings (SSSR count). The van der Waals surface area contributed by atoms with Gasteiger partial charge in [0, 0.05) is 6.54 Å². The number of anilines is 1. The lowest BCUT2D eigenvalue weighted by atomic mass is 10.1. The van der Waals surface area contributed by atoms with Gasteiger partial charge in [0.15, 0.2) is 0 Å². The lowest BCUT2D eigenvalue weighted by molar-refractivity contribution is -0.141. The molecule has 20 heavy (non-hydrogen) atoms. The Hall–Kier alpha value is -2.30. The van der Waals surface area contributed by atoms with E-state index in [1.165, 1.54) is 6.92 Å². The number of rotatable bonds is 5. The van der Waals surface area contributed by atoms with Crippen molar-refractivity contribution < 1.29 is 23.1 Å². The molecule has 1 aromatic rings. The van der Waals surface area contributed by atoms with Gasteiger partial charge in [-0.2, -0.15) is 18.4 Å². The minimum absolute atomic E-state index is 0.0269. The molecule has 2 N–H and O–H groups in total. The van der Waals surface area contributed by atoms with Crippen molar-refractivity contribution in [1.82, 2.24) is 4.98 Å². The molecule has 0 aromatic carbocycles.